The van der Waals surface area contributed by atoms with Gasteiger partial charge in [0.05, 0.1) is 0 Å². The summed E-state index contributed by atoms with van der Waals surface area (Å²) in [5.41, 5.74) is 1.17. The minimum absolute atomic E-state index is 0.00523. The van der Waals surface area contributed by atoms with Gasteiger partial charge in [-0.15, -0.1) is 0 Å². The minimum atomic E-state index is -0.00523. The van der Waals surface area contributed by atoms with Gasteiger partial charge in [0.1, 0.15) is 0 Å². The SMILES string of the molecule is CC(C)[Te]CCC(C)C1CC[C@H]2[C@@H]3CC[C@H]4CC(O)CCC4(C)[C@H]3CCC12C. The summed E-state index contributed by atoms with van der Waals surface area (Å²) in [5, 5.41) is 10.3. The fourth-order valence-corrected chi connectivity index (χ4v) is 11.7. The molecule has 2 heteroatoms. The Kier molecular flexibility index (Phi) is 6.55. The predicted octanol–water partition coefficient (Wildman–Crippen LogP) is 6.98. The van der Waals surface area contributed by atoms with Crippen molar-refractivity contribution in [1.29, 1.82) is 0 Å². The Morgan fingerprint density at radius 2 is 1.61 bits per heavy atom. The van der Waals surface area contributed by atoms with E-state index in [1.165, 1.54) is 51.4 Å². The van der Waals surface area contributed by atoms with Crippen LogP contribution in [0.5, 0.6) is 0 Å². The molecule has 0 amide bonds. The van der Waals surface area contributed by atoms with E-state index < -0.39 is 0 Å². The van der Waals surface area contributed by atoms with Crippen LogP contribution in [0, 0.1) is 46.3 Å². The van der Waals surface area contributed by atoms with Gasteiger partial charge in [-0.1, -0.05) is 0 Å². The molecule has 1 N–H and O–H groups in total. The summed E-state index contributed by atoms with van der Waals surface area (Å²) in [7, 11) is 0. The van der Waals surface area contributed by atoms with Crippen molar-refractivity contribution in [2.75, 3.05) is 0 Å². The second-order valence-corrected chi connectivity index (χ2v) is 16.8. The molecule has 0 aromatic heterocycles. The predicted molar refractivity (Wildman–Crippen MR) is 121 cm³/mol. The van der Waals surface area contributed by atoms with Crippen LogP contribution >= 0.6 is 0 Å². The summed E-state index contributed by atoms with van der Waals surface area (Å²) in [6, 6.07) is 0. The molecule has 1 nitrogen and oxygen atoms in total. The van der Waals surface area contributed by atoms with Crippen molar-refractivity contribution in [2.24, 2.45) is 46.3 Å². The third-order valence-corrected chi connectivity index (χ3v) is 13.7. The number of rotatable bonds is 5. The standard InChI is InChI=1S/C26H46OTe/c1-17(2)28-15-12-18(3)22-8-9-23-21-7-6-19-16-20(27)10-13-25(19,4)24(21)11-14-26(22,23)5/h17-24,27H,6-16H2,1-5H3/t18?,19-,20?,21-,22?,23-,24-,25?,26?/m0/s1. The van der Waals surface area contributed by atoms with E-state index in [0.29, 0.717) is 10.8 Å². The Morgan fingerprint density at radius 3 is 2.36 bits per heavy atom. The Balaban J connectivity index is 1.46. The van der Waals surface area contributed by atoms with E-state index in [9.17, 15) is 5.11 Å². The van der Waals surface area contributed by atoms with E-state index in [4.69, 9.17) is 0 Å². The zero-order valence-electron chi connectivity index (χ0n) is 19.3. The second kappa shape index (κ2) is 8.36. The van der Waals surface area contributed by atoms with Crippen molar-refractivity contribution in [3.63, 3.8) is 0 Å². The number of hydrogen-bond acceptors (Lipinski definition) is 1. The van der Waals surface area contributed by atoms with Crippen LogP contribution in [-0.4, -0.2) is 32.1 Å². The maximum absolute atomic E-state index is 10.3. The van der Waals surface area contributed by atoms with E-state index in [-0.39, 0.29) is 27.0 Å². The quantitative estimate of drug-likeness (QED) is 0.402. The van der Waals surface area contributed by atoms with E-state index in [2.05, 4.69) is 34.6 Å². The summed E-state index contributed by atoms with van der Waals surface area (Å²) in [4.78, 5) is 0. The van der Waals surface area contributed by atoms with Crippen LogP contribution in [0.1, 0.15) is 98.8 Å². The van der Waals surface area contributed by atoms with Gasteiger partial charge in [-0.25, -0.2) is 0 Å². The van der Waals surface area contributed by atoms with Gasteiger partial charge in [-0.3, -0.25) is 0 Å². The topological polar surface area (TPSA) is 20.2 Å². The first-order valence-electron chi connectivity index (χ1n) is 12.6. The number of aliphatic hydroxyl groups is 1. The number of fused-ring (bicyclic) bond motifs is 5. The molecule has 28 heavy (non-hydrogen) atoms. The van der Waals surface area contributed by atoms with Crippen molar-refractivity contribution in [3.8, 4) is 0 Å². The first-order chi connectivity index (χ1) is 13.3. The van der Waals surface area contributed by atoms with E-state index in [1.54, 1.807) is 4.47 Å². The van der Waals surface area contributed by atoms with Crippen molar-refractivity contribution in [2.45, 2.75) is 113 Å². The van der Waals surface area contributed by atoms with Crippen LogP contribution in [0.2, 0.25) is 8.43 Å². The molecular weight excluding hydrogens is 456 g/mol. The molecule has 0 bridgehead atoms. The van der Waals surface area contributed by atoms with Crippen molar-refractivity contribution < 1.29 is 5.11 Å². The van der Waals surface area contributed by atoms with Crippen molar-refractivity contribution in [3.05, 3.63) is 0 Å². The monoisotopic (exact) mass is 504 g/mol. The molecule has 4 aliphatic carbocycles. The third kappa shape index (κ3) is 3.75. The number of hydrogen-bond donors (Lipinski definition) is 1. The Morgan fingerprint density at radius 1 is 0.893 bits per heavy atom. The Bertz CT molecular complexity index is 547. The van der Waals surface area contributed by atoms with Gasteiger partial charge < -0.3 is 5.11 Å². The van der Waals surface area contributed by atoms with Crippen LogP contribution < -0.4 is 0 Å². The summed E-state index contributed by atoms with van der Waals surface area (Å²) in [6.45, 7) is 12.8. The van der Waals surface area contributed by atoms with Gasteiger partial charge >= 0.3 is 181 Å². The molecule has 0 saturated heterocycles. The van der Waals surface area contributed by atoms with Gasteiger partial charge in [-0.05, 0) is 0 Å². The Labute approximate surface area is 185 Å². The van der Waals surface area contributed by atoms with Gasteiger partial charge in [0.2, 0.25) is 0 Å². The first-order valence-corrected chi connectivity index (χ1v) is 15.5. The second-order valence-electron chi connectivity index (χ2n) is 12.0. The molecule has 0 spiro atoms. The molecule has 5 unspecified atom stereocenters. The average Bonchev–Trinajstić information content (AvgIpc) is 2.99. The molecular formula is C26H46OTe. The van der Waals surface area contributed by atoms with E-state index >= 15 is 0 Å². The zero-order chi connectivity index (χ0) is 20.1. The molecule has 0 aromatic carbocycles. The zero-order valence-corrected chi connectivity index (χ0v) is 21.6. The number of aliphatic hydroxyl groups excluding tert-OH is 1. The van der Waals surface area contributed by atoms with Crippen LogP contribution in [0.3, 0.4) is 0 Å². The molecule has 0 heterocycles. The first kappa shape index (κ1) is 22.0. The summed E-state index contributed by atoms with van der Waals surface area (Å²) < 4.78 is 2.56. The third-order valence-electron chi connectivity index (χ3n) is 10.4. The molecule has 4 saturated carbocycles. The summed E-state index contributed by atoms with van der Waals surface area (Å²) in [5.74, 6) is 5.71. The van der Waals surface area contributed by atoms with Gasteiger partial charge in [0, 0.05) is 0 Å². The van der Waals surface area contributed by atoms with Crippen LogP contribution in [0.4, 0.5) is 0 Å². The normalized spacial score (nSPS) is 49.4. The molecule has 0 radical (unpaired) electrons. The molecule has 9 atom stereocenters. The van der Waals surface area contributed by atoms with Crippen molar-refractivity contribution >= 4 is 20.9 Å². The summed E-state index contributed by atoms with van der Waals surface area (Å²) >= 11 is 0.246. The Hall–Kier alpha value is 0.750. The van der Waals surface area contributed by atoms with Crippen LogP contribution in [-0.2, 0) is 0 Å². The average molecular weight is 502 g/mol. The molecule has 162 valence electrons. The van der Waals surface area contributed by atoms with E-state index in [0.717, 1.165) is 52.3 Å². The fourth-order valence-electron chi connectivity index (χ4n) is 8.90. The fraction of sp³-hybridized carbons (Fsp3) is 1.00. The van der Waals surface area contributed by atoms with Gasteiger partial charge in [0.15, 0.2) is 0 Å². The van der Waals surface area contributed by atoms with Gasteiger partial charge in [0.25, 0.3) is 0 Å². The molecule has 4 aliphatic rings. The maximum atomic E-state index is 10.3. The molecule has 4 fully saturated rings. The van der Waals surface area contributed by atoms with Crippen LogP contribution in [0.15, 0.2) is 0 Å². The molecule has 0 aliphatic heterocycles. The van der Waals surface area contributed by atoms with Crippen LogP contribution in [0.25, 0.3) is 0 Å². The molecule has 0 aromatic rings. The van der Waals surface area contributed by atoms with Crippen molar-refractivity contribution in [1.82, 2.24) is 0 Å². The van der Waals surface area contributed by atoms with Gasteiger partial charge in [-0.2, -0.15) is 0 Å². The summed E-state index contributed by atoms with van der Waals surface area (Å²) in [6.07, 6.45) is 13.9. The molecule has 4 rings (SSSR count). The van der Waals surface area contributed by atoms with E-state index in [1.807, 2.05) is 0 Å².